The lowest BCUT2D eigenvalue weighted by Crippen LogP contribution is -2.07. The highest BCUT2D eigenvalue weighted by Crippen LogP contribution is 2.24. The van der Waals surface area contributed by atoms with Gasteiger partial charge in [-0.15, -0.1) is 11.8 Å². The molecule has 0 aliphatic heterocycles. The summed E-state index contributed by atoms with van der Waals surface area (Å²) in [4.78, 5) is 3.24. The van der Waals surface area contributed by atoms with Crippen molar-refractivity contribution < 1.29 is 0 Å². The Morgan fingerprint density at radius 1 is 1.05 bits per heavy atom. The number of nitrogen functional groups attached to an aromatic ring is 1. The van der Waals surface area contributed by atoms with Crippen LogP contribution in [0.1, 0.15) is 5.56 Å². The van der Waals surface area contributed by atoms with Gasteiger partial charge in [-0.05, 0) is 29.8 Å². The quantitative estimate of drug-likeness (QED) is 0.661. The Bertz CT molecular complexity index is 574. The van der Waals surface area contributed by atoms with Crippen molar-refractivity contribution in [2.75, 3.05) is 30.5 Å². The van der Waals surface area contributed by atoms with Crippen LogP contribution >= 0.6 is 11.8 Å². The van der Waals surface area contributed by atoms with Crippen molar-refractivity contribution in [2.24, 2.45) is 0 Å². The monoisotopic (exact) mass is 284 g/mol. The van der Waals surface area contributed by atoms with Gasteiger partial charge in [0.15, 0.2) is 0 Å². The van der Waals surface area contributed by atoms with E-state index >= 15 is 0 Å². The molecule has 0 spiro atoms. The summed E-state index contributed by atoms with van der Waals surface area (Å²) in [5, 5.41) is 0. The highest BCUT2D eigenvalue weighted by Gasteiger charge is 1.96. The number of rotatable bonds is 5. The number of nitrogens with zero attached hydrogens (tertiary/aromatic N) is 1. The Morgan fingerprint density at radius 2 is 1.75 bits per heavy atom. The molecule has 0 fully saturated rings. The van der Waals surface area contributed by atoms with E-state index in [2.05, 4.69) is 47.4 Å². The van der Waals surface area contributed by atoms with E-state index < -0.39 is 0 Å². The van der Waals surface area contributed by atoms with E-state index in [1.165, 1.54) is 11.3 Å². The highest BCUT2D eigenvalue weighted by atomic mass is 32.2. The summed E-state index contributed by atoms with van der Waals surface area (Å²) in [7, 11) is 4.09. The Hall–Kier alpha value is -1.87. The first-order valence-corrected chi connectivity index (χ1v) is 7.56. The zero-order valence-electron chi connectivity index (χ0n) is 11.9. The van der Waals surface area contributed by atoms with Gasteiger partial charge in [-0.3, -0.25) is 0 Å². The van der Waals surface area contributed by atoms with Crippen molar-refractivity contribution in [3.63, 3.8) is 0 Å². The second-order valence-corrected chi connectivity index (χ2v) is 5.80. The van der Waals surface area contributed by atoms with Crippen LogP contribution in [-0.2, 0) is 0 Å². The normalized spacial score (nSPS) is 10.9. The van der Waals surface area contributed by atoms with Gasteiger partial charge in [0.05, 0.1) is 0 Å². The summed E-state index contributed by atoms with van der Waals surface area (Å²) in [5.41, 5.74) is 9.19. The van der Waals surface area contributed by atoms with Crippen LogP contribution < -0.4 is 10.6 Å². The van der Waals surface area contributed by atoms with Crippen LogP contribution in [0.4, 0.5) is 11.4 Å². The lowest BCUT2D eigenvalue weighted by molar-refractivity contribution is 1.13. The van der Waals surface area contributed by atoms with Crippen molar-refractivity contribution in [3.8, 4) is 0 Å². The molecule has 2 rings (SSSR count). The molecule has 0 atom stereocenters. The van der Waals surface area contributed by atoms with Crippen molar-refractivity contribution in [2.45, 2.75) is 4.90 Å². The molecule has 20 heavy (non-hydrogen) atoms. The molecule has 0 saturated heterocycles. The molecule has 0 amide bonds. The molecule has 0 heterocycles. The molecule has 2 nitrogen and oxygen atoms in total. The maximum absolute atomic E-state index is 5.91. The maximum Gasteiger partial charge on any atom is 0.0452 e. The molecule has 0 radical (unpaired) electrons. The fourth-order valence-electron chi connectivity index (χ4n) is 1.82. The van der Waals surface area contributed by atoms with Crippen LogP contribution in [0.3, 0.4) is 0 Å². The third-order valence-electron chi connectivity index (χ3n) is 2.97. The molecule has 0 aliphatic carbocycles. The third-order valence-corrected chi connectivity index (χ3v) is 4.02. The summed E-state index contributed by atoms with van der Waals surface area (Å²) >= 11 is 1.75. The Labute approximate surface area is 125 Å². The fraction of sp³-hybridized carbons (Fsp3) is 0.176. The fourth-order valence-corrected chi connectivity index (χ4v) is 2.60. The first-order valence-electron chi connectivity index (χ1n) is 6.58. The first-order chi connectivity index (χ1) is 9.66. The van der Waals surface area contributed by atoms with Crippen molar-refractivity contribution >= 4 is 29.2 Å². The van der Waals surface area contributed by atoms with Gasteiger partial charge in [-0.2, -0.15) is 0 Å². The van der Waals surface area contributed by atoms with Crippen LogP contribution in [0, 0.1) is 0 Å². The predicted molar refractivity (Wildman–Crippen MR) is 91.4 cm³/mol. The summed E-state index contributed by atoms with van der Waals surface area (Å²) < 4.78 is 0. The van der Waals surface area contributed by atoms with Gasteiger partial charge in [-0.1, -0.05) is 36.4 Å². The molecular formula is C17H20N2S. The first kappa shape index (κ1) is 14.5. The number of hydrogen-bond acceptors (Lipinski definition) is 3. The second-order valence-electron chi connectivity index (χ2n) is 4.74. The number of nitrogens with two attached hydrogens (primary N) is 1. The third kappa shape index (κ3) is 4.07. The number of anilines is 2. The topological polar surface area (TPSA) is 29.3 Å². The summed E-state index contributed by atoms with van der Waals surface area (Å²) in [6.07, 6.45) is 4.31. The van der Waals surface area contributed by atoms with E-state index in [0.717, 1.165) is 16.3 Å². The standard InChI is InChI=1S/C17H20N2S/c1-19(2)15-11-9-14(10-12-15)6-5-13-20-17-8-4-3-7-16(17)18/h3-12H,13,18H2,1-2H3/b6-5+. The maximum atomic E-state index is 5.91. The van der Waals surface area contributed by atoms with Crippen LogP contribution in [0.5, 0.6) is 0 Å². The molecule has 0 bridgehead atoms. The second kappa shape index (κ2) is 7.06. The minimum absolute atomic E-state index is 0.848. The van der Waals surface area contributed by atoms with E-state index in [1.807, 2.05) is 32.3 Å². The molecule has 3 heteroatoms. The van der Waals surface area contributed by atoms with Crippen LogP contribution in [-0.4, -0.2) is 19.8 Å². The number of para-hydroxylation sites is 1. The lowest BCUT2D eigenvalue weighted by atomic mass is 10.2. The predicted octanol–water partition coefficient (Wildman–Crippen LogP) is 4.14. The number of hydrogen-bond donors (Lipinski definition) is 1. The summed E-state index contributed by atoms with van der Waals surface area (Å²) in [6, 6.07) is 16.5. The van der Waals surface area contributed by atoms with Gasteiger partial charge in [-0.25, -0.2) is 0 Å². The Kier molecular flexibility index (Phi) is 5.13. The Morgan fingerprint density at radius 3 is 2.40 bits per heavy atom. The van der Waals surface area contributed by atoms with Crippen molar-refractivity contribution in [1.29, 1.82) is 0 Å². The zero-order valence-corrected chi connectivity index (χ0v) is 12.7. The van der Waals surface area contributed by atoms with Crippen LogP contribution in [0.25, 0.3) is 6.08 Å². The molecule has 2 N–H and O–H groups in total. The number of thioether (sulfide) groups is 1. The van der Waals surface area contributed by atoms with Gasteiger partial charge in [0.2, 0.25) is 0 Å². The van der Waals surface area contributed by atoms with Crippen LogP contribution in [0.15, 0.2) is 59.5 Å². The molecule has 0 saturated carbocycles. The average molecular weight is 284 g/mol. The molecule has 0 unspecified atom stereocenters. The lowest BCUT2D eigenvalue weighted by Gasteiger charge is -2.11. The smallest absolute Gasteiger partial charge is 0.0452 e. The zero-order chi connectivity index (χ0) is 14.4. The van der Waals surface area contributed by atoms with E-state index in [9.17, 15) is 0 Å². The van der Waals surface area contributed by atoms with Gasteiger partial charge < -0.3 is 10.6 Å². The SMILES string of the molecule is CN(C)c1ccc(/C=C/CSc2ccccc2N)cc1. The molecule has 0 aromatic heterocycles. The van der Waals surface area contributed by atoms with E-state index in [1.54, 1.807) is 11.8 Å². The minimum Gasteiger partial charge on any atom is -0.398 e. The molecule has 2 aromatic carbocycles. The molecule has 2 aromatic rings. The van der Waals surface area contributed by atoms with Gasteiger partial charge in [0.25, 0.3) is 0 Å². The van der Waals surface area contributed by atoms with Gasteiger partial charge in [0, 0.05) is 36.1 Å². The van der Waals surface area contributed by atoms with Crippen molar-refractivity contribution in [1.82, 2.24) is 0 Å². The van der Waals surface area contributed by atoms with Crippen LogP contribution in [0.2, 0.25) is 0 Å². The molecule has 0 aliphatic rings. The number of benzene rings is 2. The largest absolute Gasteiger partial charge is 0.398 e. The molecule has 104 valence electrons. The summed E-state index contributed by atoms with van der Waals surface area (Å²) in [5.74, 6) is 0.920. The van der Waals surface area contributed by atoms with E-state index in [0.29, 0.717) is 0 Å². The molecular weight excluding hydrogens is 264 g/mol. The highest BCUT2D eigenvalue weighted by molar-refractivity contribution is 7.99. The van der Waals surface area contributed by atoms with Gasteiger partial charge >= 0.3 is 0 Å². The van der Waals surface area contributed by atoms with E-state index in [-0.39, 0.29) is 0 Å². The van der Waals surface area contributed by atoms with E-state index in [4.69, 9.17) is 5.73 Å². The average Bonchev–Trinajstić information content (AvgIpc) is 2.46. The van der Waals surface area contributed by atoms with Gasteiger partial charge in [0.1, 0.15) is 0 Å². The summed E-state index contributed by atoms with van der Waals surface area (Å²) in [6.45, 7) is 0. The minimum atomic E-state index is 0.848. The Balaban J connectivity index is 1.89. The van der Waals surface area contributed by atoms with Crippen molar-refractivity contribution in [3.05, 3.63) is 60.2 Å².